The first-order valence-electron chi connectivity index (χ1n) is 7.72. The highest BCUT2D eigenvalue weighted by atomic mass is 32.1. The predicted molar refractivity (Wildman–Crippen MR) is 92.8 cm³/mol. The second kappa shape index (κ2) is 7.25. The fourth-order valence-electron chi connectivity index (χ4n) is 2.70. The number of carbonyl (C=O) groups is 2. The van der Waals surface area contributed by atoms with E-state index in [2.05, 4.69) is 5.32 Å². The van der Waals surface area contributed by atoms with Gasteiger partial charge in [-0.15, -0.1) is 11.3 Å². The van der Waals surface area contributed by atoms with Gasteiger partial charge in [0.05, 0.1) is 18.8 Å². The van der Waals surface area contributed by atoms with Gasteiger partial charge in [-0.25, -0.2) is 0 Å². The molecule has 6 heteroatoms. The number of ether oxygens (including phenoxy) is 2. The first-order valence-corrected chi connectivity index (χ1v) is 8.54. The molecule has 1 aromatic carbocycles. The molecule has 1 N–H and O–H groups in total. The first kappa shape index (κ1) is 16.8. The molecule has 0 spiro atoms. The molecule has 1 aliphatic heterocycles. The van der Waals surface area contributed by atoms with E-state index >= 15 is 0 Å². The number of fused-ring (bicyclic) bond motifs is 1. The van der Waals surface area contributed by atoms with Crippen LogP contribution in [0, 0.1) is 6.92 Å². The number of thiophene rings is 1. The molecule has 126 valence electrons. The molecule has 0 fully saturated rings. The highest BCUT2D eigenvalue weighted by molar-refractivity contribution is 7.17. The largest absolute Gasteiger partial charge is 0.376 e. The van der Waals surface area contributed by atoms with Gasteiger partial charge >= 0.3 is 0 Å². The number of carbonyl (C=O) groups excluding carboxylic acids is 2. The number of hydrogen-bond acceptors (Lipinski definition) is 5. The van der Waals surface area contributed by atoms with Gasteiger partial charge in [-0.05, 0) is 18.9 Å². The normalized spacial score (nSPS) is 13.4. The quantitative estimate of drug-likeness (QED) is 0.846. The molecule has 0 radical (unpaired) electrons. The van der Waals surface area contributed by atoms with E-state index in [-0.39, 0.29) is 18.3 Å². The summed E-state index contributed by atoms with van der Waals surface area (Å²) in [4.78, 5) is 25.9. The third kappa shape index (κ3) is 3.40. The zero-order valence-corrected chi connectivity index (χ0v) is 14.5. The molecular formula is C18H19NO4S. The van der Waals surface area contributed by atoms with Gasteiger partial charge in [0.25, 0.3) is 5.91 Å². The number of nitrogens with one attached hydrogen (secondary N) is 1. The Morgan fingerprint density at radius 2 is 2.04 bits per heavy atom. The van der Waals surface area contributed by atoms with Gasteiger partial charge in [-0.1, -0.05) is 29.8 Å². The van der Waals surface area contributed by atoms with Crippen molar-refractivity contribution in [1.29, 1.82) is 0 Å². The summed E-state index contributed by atoms with van der Waals surface area (Å²) in [5.74, 6) is -0.336. The third-order valence-electron chi connectivity index (χ3n) is 3.89. The number of methoxy groups -OCH3 is 1. The lowest BCUT2D eigenvalue weighted by Gasteiger charge is -2.13. The summed E-state index contributed by atoms with van der Waals surface area (Å²) in [5, 5.41) is 3.39. The minimum Gasteiger partial charge on any atom is -0.376 e. The maximum Gasteiger partial charge on any atom is 0.250 e. The summed E-state index contributed by atoms with van der Waals surface area (Å²) in [7, 11) is 1.46. The maximum absolute atomic E-state index is 13.0. The van der Waals surface area contributed by atoms with Crippen LogP contribution in [0.4, 0.5) is 5.00 Å². The lowest BCUT2D eigenvalue weighted by atomic mass is 9.97. The number of ketones is 1. The molecule has 0 saturated carbocycles. The van der Waals surface area contributed by atoms with Gasteiger partial charge in [-0.3, -0.25) is 9.59 Å². The van der Waals surface area contributed by atoms with Crippen LogP contribution < -0.4 is 5.32 Å². The lowest BCUT2D eigenvalue weighted by Crippen LogP contribution is -2.19. The average molecular weight is 345 g/mol. The van der Waals surface area contributed by atoms with Crippen molar-refractivity contribution >= 4 is 28.0 Å². The van der Waals surface area contributed by atoms with Gasteiger partial charge in [0.15, 0.2) is 5.78 Å². The van der Waals surface area contributed by atoms with Crippen molar-refractivity contribution in [1.82, 2.24) is 0 Å². The van der Waals surface area contributed by atoms with Crippen LogP contribution >= 0.6 is 11.3 Å². The van der Waals surface area contributed by atoms with E-state index in [1.165, 1.54) is 18.4 Å². The van der Waals surface area contributed by atoms with Gasteiger partial charge in [0, 0.05) is 17.6 Å². The van der Waals surface area contributed by atoms with Gasteiger partial charge < -0.3 is 14.8 Å². The molecular weight excluding hydrogens is 326 g/mol. The first-order chi connectivity index (χ1) is 11.6. The predicted octanol–water partition coefficient (Wildman–Crippen LogP) is 2.95. The van der Waals surface area contributed by atoms with Gasteiger partial charge in [0.2, 0.25) is 0 Å². The topological polar surface area (TPSA) is 64.6 Å². The summed E-state index contributed by atoms with van der Waals surface area (Å²) in [6.45, 7) is 3.00. The molecule has 0 aliphatic carbocycles. The van der Waals surface area contributed by atoms with E-state index < -0.39 is 0 Å². The monoisotopic (exact) mass is 345 g/mol. The molecule has 0 saturated heterocycles. The second-order valence-corrected chi connectivity index (χ2v) is 6.79. The second-order valence-electron chi connectivity index (χ2n) is 5.69. The Hall–Kier alpha value is -2.02. The Balaban J connectivity index is 2.00. The number of aryl methyl sites for hydroxylation is 1. The fraction of sp³-hybridized carbons (Fsp3) is 0.333. The maximum atomic E-state index is 13.0. The molecule has 2 heterocycles. The number of amides is 1. The molecule has 0 atom stereocenters. The molecule has 24 heavy (non-hydrogen) atoms. The summed E-state index contributed by atoms with van der Waals surface area (Å²) >= 11 is 1.41. The number of hydrogen-bond donors (Lipinski definition) is 1. The van der Waals surface area contributed by atoms with Crippen LogP contribution in [0.5, 0.6) is 0 Å². The zero-order valence-electron chi connectivity index (χ0n) is 13.7. The van der Waals surface area contributed by atoms with Crippen LogP contribution in [0.1, 0.15) is 31.9 Å². The van der Waals surface area contributed by atoms with Gasteiger partial charge in [-0.2, -0.15) is 0 Å². The fourth-order valence-corrected chi connectivity index (χ4v) is 3.90. The number of anilines is 1. The molecule has 0 unspecified atom stereocenters. The molecule has 1 aliphatic rings. The van der Waals surface area contributed by atoms with Crippen molar-refractivity contribution in [2.24, 2.45) is 0 Å². The highest BCUT2D eigenvalue weighted by Gasteiger charge is 2.27. The Labute approximate surface area is 144 Å². The van der Waals surface area contributed by atoms with Crippen LogP contribution in [-0.2, 0) is 27.3 Å². The Kier molecular flexibility index (Phi) is 5.08. The smallest absolute Gasteiger partial charge is 0.250 e. The van der Waals surface area contributed by atoms with Crippen molar-refractivity contribution in [2.45, 2.75) is 20.0 Å². The number of benzene rings is 1. The molecule has 2 aromatic rings. The molecule has 0 bridgehead atoms. The Morgan fingerprint density at radius 1 is 1.29 bits per heavy atom. The van der Waals surface area contributed by atoms with E-state index in [0.717, 1.165) is 16.0 Å². The summed E-state index contributed by atoms with van der Waals surface area (Å²) in [6.07, 6.45) is 0.679. The summed E-state index contributed by atoms with van der Waals surface area (Å²) < 4.78 is 10.3. The molecule has 1 aromatic heterocycles. The van der Waals surface area contributed by atoms with Crippen LogP contribution in [0.3, 0.4) is 0 Å². The van der Waals surface area contributed by atoms with Crippen LogP contribution in [0.15, 0.2) is 24.3 Å². The highest BCUT2D eigenvalue weighted by Crippen LogP contribution is 2.37. The van der Waals surface area contributed by atoms with Crippen molar-refractivity contribution < 1.29 is 19.1 Å². The summed E-state index contributed by atoms with van der Waals surface area (Å²) in [5.41, 5.74) is 3.30. The van der Waals surface area contributed by atoms with E-state index in [1.54, 1.807) is 0 Å². The zero-order chi connectivity index (χ0) is 17.1. The van der Waals surface area contributed by atoms with Crippen molar-refractivity contribution in [3.63, 3.8) is 0 Å². The Morgan fingerprint density at radius 3 is 2.75 bits per heavy atom. The van der Waals surface area contributed by atoms with Crippen molar-refractivity contribution in [2.75, 3.05) is 25.6 Å². The third-order valence-corrected chi connectivity index (χ3v) is 5.01. The lowest BCUT2D eigenvalue weighted by molar-refractivity contribution is -0.119. The Bertz CT molecular complexity index is 764. The van der Waals surface area contributed by atoms with E-state index in [0.29, 0.717) is 35.8 Å². The van der Waals surface area contributed by atoms with Crippen molar-refractivity contribution in [3.8, 4) is 0 Å². The van der Waals surface area contributed by atoms with Crippen LogP contribution in [0.25, 0.3) is 0 Å². The SMILES string of the molecule is COCC(=O)Nc1sc2c(c1C(=O)c1ccc(C)cc1)CCOC2. The van der Waals surface area contributed by atoms with E-state index in [4.69, 9.17) is 9.47 Å². The number of rotatable bonds is 5. The summed E-state index contributed by atoms with van der Waals surface area (Å²) in [6, 6.07) is 7.47. The van der Waals surface area contributed by atoms with Gasteiger partial charge in [0.1, 0.15) is 11.6 Å². The van der Waals surface area contributed by atoms with E-state index in [1.807, 2.05) is 31.2 Å². The standard InChI is InChI=1S/C18H19NO4S/c1-11-3-5-12(6-4-11)17(21)16-13-7-8-23-9-14(13)24-18(16)19-15(20)10-22-2/h3-6H,7-10H2,1-2H3,(H,19,20). The van der Waals surface area contributed by atoms with E-state index in [9.17, 15) is 9.59 Å². The molecule has 5 nitrogen and oxygen atoms in total. The van der Waals surface area contributed by atoms with Crippen LogP contribution in [-0.4, -0.2) is 32.0 Å². The molecule has 3 rings (SSSR count). The average Bonchev–Trinajstić information content (AvgIpc) is 2.92. The molecule has 1 amide bonds. The van der Waals surface area contributed by atoms with Crippen LogP contribution in [0.2, 0.25) is 0 Å². The van der Waals surface area contributed by atoms with Crippen molar-refractivity contribution in [3.05, 3.63) is 51.4 Å². The minimum atomic E-state index is -0.269. The minimum absolute atomic E-state index is 0.0444.